The van der Waals surface area contributed by atoms with E-state index in [2.05, 4.69) is 10.1 Å². The van der Waals surface area contributed by atoms with Crippen molar-refractivity contribution in [2.24, 2.45) is 0 Å². The Hall–Kier alpha value is -2.14. The van der Waals surface area contributed by atoms with Crippen LogP contribution in [0.4, 0.5) is 0 Å². The van der Waals surface area contributed by atoms with Crippen molar-refractivity contribution in [1.82, 2.24) is 10.1 Å². The molecule has 3 rings (SSSR count). The predicted molar refractivity (Wildman–Crippen MR) is 68.4 cm³/mol. The zero-order chi connectivity index (χ0) is 12.2. The zero-order valence-electron chi connectivity index (χ0n) is 9.45. The van der Waals surface area contributed by atoms with E-state index in [1.807, 2.05) is 29.6 Å². The smallest absolute Gasteiger partial charge is 0.134 e. The van der Waals surface area contributed by atoms with E-state index in [9.17, 15) is 0 Å². The number of hydrogen-bond acceptors (Lipinski definition) is 5. The molecule has 0 unspecified atom stereocenters. The summed E-state index contributed by atoms with van der Waals surface area (Å²) in [6, 6.07) is 9.62. The van der Waals surface area contributed by atoms with E-state index < -0.39 is 0 Å². The molecule has 1 aromatic carbocycles. The van der Waals surface area contributed by atoms with Crippen LogP contribution in [0, 0.1) is 0 Å². The van der Waals surface area contributed by atoms with Gasteiger partial charge in [0.05, 0.1) is 5.56 Å². The van der Waals surface area contributed by atoms with Crippen LogP contribution in [0.2, 0.25) is 0 Å². The highest BCUT2D eigenvalue weighted by Gasteiger charge is 2.08. The van der Waals surface area contributed by atoms with Gasteiger partial charge in [0.2, 0.25) is 0 Å². The minimum Gasteiger partial charge on any atom is -0.486 e. The molecule has 4 nitrogen and oxygen atoms in total. The molecule has 0 bridgehead atoms. The Morgan fingerprint density at radius 1 is 1.22 bits per heavy atom. The van der Waals surface area contributed by atoms with Crippen LogP contribution in [0.3, 0.4) is 0 Å². The Kier molecular flexibility index (Phi) is 3.06. The molecule has 90 valence electrons. The topological polar surface area (TPSA) is 48.2 Å². The first-order valence-electron chi connectivity index (χ1n) is 5.44. The summed E-state index contributed by atoms with van der Waals surface area (Å²) >= 11 is 1.59. The predicted octanol–water partition coefficient (Wildman–Crippen LogP) is 3.38. The number of ether oxygens (including phenoxy) is 1. The lowest BCUT2D eigenvalue weighted by Gasteiger charge is -2.08. The van der Waals surface area contributed by atoms with Crippen molar-refractivity contribution in [1.29, 1.82) is 0 Å². The van der Waals surface area contributed by atoms with Gasteiger partial charge in [-0.05, 0) is 12.1 Å². The maximum absolute atomic E-state index is 5.75. The SMILES string of the molecule is c1ccc(-c2nccs2)c(OCc2ccon2)c1. The molecule has 0 aliphatic carbocycles. The van der Waals surface area contributed by atoms with E-state index in [1.165, 1.54) is 6.26 Å². The molecular weight excluding hydrogens is 248 g/mol. The highest BCUT2D eigenvalue weighted by molar-refractivity contribution is 7.13. The fourth-order valence-electron chi connectivity index (χ4n) is 1.59. The quantitative estimate of drug-likeness (QED) is 0.719. The van der Waals surface area contributed by atoms with E-state index in [-0.39, 0.29) is 0 Å². The summed E-state index contributed by atoms with van der Waals surface area (Å²) in [5.74, 6) is 0.801. The number of nitrogens with zero attached hydrogens (tertiary/aromatic N) is 2. The summed E-state index contributed by atoms with van der Waals surface area (Å²) in [6.07, 6.45) is 3.32. The van der Waals surface area contributed by atoms with Crippen molar-refractivity contribution >= 4 is 11.3 Å². The molecule has 0 fully saturated rings. The molecule has 0 radical (unpaired) electrons. The second kappa shape index (κ2) is 5.01. The molecule has 0 spiro atoms. The van der Waals surface area contributed by atoms with Gasteiger partial charge in [-0.25, -0.2) is 4.98 Å². The number of hydrogen-bond donors (Lipinski definition) is 0. The minimum absolute atomic E-state index is 0.388. The van der Waals surface area contributed by atoms with Crippen molar-refractivity contribution in [2.45, 2.75) is 6.61 Å². The van der Waals surface area contributed by atoms with Gasteiger partial charge in [-0.1, -0.05) is 17.3 Å². The van der Waals surface area contributed by atoms with Crippen molar-refractivity contribution < 1.29 is 9.26 Å². The monoisotopic (exact) mass is 258 g/mol. The van der Waals surface area contributed by atoms with Gasteiger partial charge in [0.25, 0.3) is 0 Å². The number of rotatable bonds is 4. The van der Waals surface area contributed by atoms with Gasteiger partial charge in [-0.3, -0.25) is 0 Å². The summed E-state index contributed by atoms with van der Waals surface area (Å²) in [5, 5.41) is 6.71. The van der Waals surface area contributed by atoms with E-state index in [0.29, 0.717) is 6.61 Å². The lowest BCUT2D eigenvalue weighted by Crippen LogP contribution is -1.96. The largest absolute Gasteiger partial charge is 0.486 e. The van der Waals surface area contributed by atoms with Crippen LogP contribution in [0.5, 0.6) is 5.75 Å². The highest BCUT2D eigenvalue weighted by atomic mass is 32.1. The van der Waals surface area contributed by atoms with Crippen molar-refractivity contribution in [2.75, 3.05) is 0 Å². The summed E-state index contributed by atoms with van der Waals surface area (Å²) in [6.45, 7) is 0.388. The molecule has 0 atom stereocenters. The van der Waals surface area contributed by atoms with Crippen LogP contribution in [-0.2, 0) is 6.61 Å². The van der Waals surface area contributed by atoms with Gasteiger partial charge in [-0.15, -0.1) is 11.3 Å². The maximum Gasteiger partial charge on any atom is 0.134 e. The Bertz CT molecular complexity index is 606. The van der Waals surface area contributed by atoms with Gasteiger partial charge < -0.3 is 9.26 Å². The van der Waals surface area contributed by atoms with E-state index in [4.69, 9.17) is 9.26 Å². The van der Waals surface area contributed by atoms with E-state index >= 15 is 0 Å². The molecule has 0 saturated heterocycles. The van der Waals surface area contributed by atoms with Crippen LogP contribution >= 0.6 is 11.3 Å². The summed E-state index contributed by atoms with van der Waals surface area (Å²) in [7, 11) is 0. The number of benzene rings is 1. The first-order chi connectivity index (χ1) is 8.93. The van der Waals surface area contributed by atoms with Crippen molar-refractivity contribution in [3.8, 4) is 16.3 Å². The van der Waals surface area contributed by atoms with Crippen LogP contribution in [-0.4, -0.2) is 10.1 Å². The normalized spacial score (nSPS) is 10.4. The minimum atomic E-state index is 0.388. The molecule has 18 heavy (non-hydrogen) atoms. The molecule has 0 N–H and O–H groups in total. The van der Waals surface area contributed by atoms with Crippen molar-refractivity contribution in [3.63, 3.8) is 0 Å². The molecule has 3 aromatic rings. The summed E-state index contributed by atoms with van der Waals surface area (Å²) in [5.41, 5.74) is 1.76. The van der Waals surface area contributed by atoms with Crippen LogP contribution in [0.25, 0.3) is 10.6 Å². The third kappa shape index (κ3) is 2.26. The zero-order valence-corrected chi connectivity index (χ0v) is 10.3. The molecule has 0 amide bonds. The Morgan fingerprint density at radius 3 is 2.94 bits per heavy atom. The molecule has 5 heteroatoms. The summed E-state index contributed by atoms with van der Waals surface area (Å²) < 4.78 is 10.5. The lowest BCUT2D eigenvalue weighted by atomic mass is 10.2. The average molecular weight is 258 g/mol. The number of aromatic nitrogens is 2. The van der Waals surface area contributed by atoms with E-state index in [1.54, 1.807) is 23.6 Å². The van der Waals surface area contributed by atoms with Crippen molar-refractivity contribution in [3.05, 3.63) is 53.9 Å². The van der Waals surface area contributed by atoms with E-state index in [0.717, 1.165) is 22.0 Å². The second-order valence-corrected chi connectivity index (χ2v) is 4.51. The summed E-state index contributed by atoms with van der Waals surface area (Å²) in [4.78, 5) is 4.30. The van der Waals surface area contributed by atoms with Gasteiger partial charge in [0.15, 0.2) is 0 Å². The maximum atomic E-state index is 5.75. The third-order valence-electron chi connectivity index (χ3n) is 2.42. The first kappa shape index (κ1) is 11.0. The fraction of sp³-hybridized carbons (Fsp3) is 0.0769. The van der Waals surface area contributed by atoms with Gasteiger partial charge in [0, 0.05) is 17.6 Å². The third-order valence-corrected chi connectivity index (χ3v) is 3.22. The molecule has 0 aliphatic rings. The molecule has 0 aliphatic heterocycles. The van der Waals surface area contributed by atoms with Crippen LogP contribution < -0.4 is 4.74 Å². The molecule has 0 saturated carbocycles. The molecule has 2 heterocycles. The van der Waals surface area contributed by atoms with Crippen LogP contribution in [0.15, 0.2) is 52.7 Å². The molecular formula is C13H10N2O2S. The fourth-order valence-corrected chi connectivity index (χ4v) is 2.26. The lowest BCUT2D eigenvalue weighted by molar-refractivity contribution is 0.290. The Morgan fingerprint density at radius 2 is 2.17 bits per heavy atom. The number of thiazole rings is 1. The van der Waals surface area contributed by atoms with Crippen LogP contribution in [0.1, 0.15) is 5.69 Å². The van der Waals surface area contributed by atoms with Gasteiger partial charge >= 0.3 is 0 Å². The Labute approximate surface area is 108 Å². The van der Waals surface area contributed by atoms with Gasteiger partial charge in [0.1, 0.15) is 29.3 Å². The van der Waals surface area contributed by atoms with Gasteiger partial charge in [-0.2, -0.15) is 0 Å². The average Bonchev–Trinajstić information content (AvgIpc) is 3.10. The molecule has 2 aromatic heterocycles. The Balaban J connectivity index is 1.84. The highest BCUT2D eigenvalue weighted by Crippen LogP contribution is 2.31. The number of para-hydroxylation sites is 1. The second-order valence-electron chi connectivity index (χ2n) is 3.61. The standard InChI is InChI=1S/C13H10N2O2S/c1-2-4-12(16-9-10-5-7-17-15-10)11(3-1)13-14-6-8-18-13/h1-8H,9H2. The first-order valence-corrected chi connectivity index (χ1v) is 6.32.